The Balaban J connectivity index is 1.84. The van der Waals surface area contributed by atoms with Crippen molar-refractivity contribution in [1.29, 1.82) is 0 Å². The van der Waals surface area contributed by atoms with Crippen molar-refractivity contribution in [2.24, 2.45) is 0 Å². The van der Waals surface area contributed by atoms with Gasteiger partial charge in [0.25, 0.3) is 0 Å². The van der Waals surface area contributed by atoms with Gasteiger partial charge in [-0.15, -0.1) is 0 Å². The molecular formula is C14H18O3. The molecule has 0 amide bonds. The van der Waals surface area contributed by atoms with Crippen LogP contribution in [0, 0.1) is 0 Å². The van der Waals surface area contributed by atoms with Gasteiger partial charge < -0.3 is 14.2 Å². The molecule has 0 radical (unpaired) electrons. The van der Waals surface area contributed by atoms with Gasteiger partial charge in [0.2, 0.25) is 0 Å². The number of ether oxygens (including phenoxy) is 3. The zero-order chi connectivity index (χ0) is 11.7. The molecule has 3 heteroatoms. The van der Waals surface area contributed by atoms with Crippen LogP contribution < -0.4 is 4.74 Å². The van der Waals surface area contributed by atoms with E-state index >= 15 is 0 Å². The van der Waals surface area contributed by atoms with Crippen LogP contribution in [0.4, 0.5) is 0 Å². The third-order valence-electron chi connectivity index (χ3n) is 3.21. The van der Waals surface area contributed by atoms with E-state index in [0.29, 0.717) is 18.8 Å². The third-order valence-corrected chi connectivity index (χ3v) is 3.21. The molecule has 2 unspecified atom stereocenters. The quantitative estimate of drug-likeness (QED) is 0.706. The van der Waals surface area contributed by atoms with Gasteiger partial charge in [0, 0.05) is 18.4 Å². The predicted molar refractivity (Wildman–Crippen MR) is 64.5 cm³/mol. The van der Waals surface area contributed by atoms with Crippen molar-refractivity contribution in [2.75, 3.05) is 19.8 Å². The molecule has 3 nitrogen and oxygen atoms in total. The minimum absolute atomic E-state index is 0.399. The van der Waals surface area contributed by atoms with Crippen LogP contribution in [0.2, 0.25) is 0 Å². The maximum atomic E-state index is 5.71. The van der Waals surface area contributed by atoms with E-state index in [9.17, 15) is 0 Å². The predicted octanol–water partition coefficient (Wildman–Crippen LogP) is 1.97. The summed E-state index contributed by atoms with van der Waals surface area (Å²) < 4.78 is 16.4. The Labute approximate surface area is 102 Å². The average Bonchev–Trinajstić information content (AvgIpc) is 3.18. The SMILES string of the molecule is CCOc1cccc(CC2CO2)c1CC1CO1. The fourth-order valence-corrected chi connectivity index (χ4v) is 2.17. The first kappa shape index (κ1) is 11.1. The molecular weight excluding hydrogens is 216 g/mol. The van der Waals surface area contributed by atoms with Gasteiger partial charge in [-0.2, -0.15) is 0 Å². The highest BCUT2D eigenvalue weighted by molar-refractivity contribution is 5.41. The van der Waals surface area contributed by atoms with Crippen LogP contribution in [0.25, 0.3) is 0 Å². The topological polar surface area (TPSA) is 34.3 Å². The van der Waals surface area contributed by atoms with Crippen molar-refractivity contribution in [2.45, 2.75) is 32.0 Å². The van der Waals surface area contributed by atoms with Crippen LogP contribution in [0.15, 0.2) is 18.2 Å². The van der Waals surface area contributed by atoms with E-state index in [4.69, 9.17) is 14.2 Å². The van der Waals surface area contributed by atoms with Gasteiger partial charge in [0.15, 0.2) is 0 Å². The van der Waals surface area contributed by atoms with Crippen LogP contribution in [-0.4, -0.2) is 32.0 Å². The van der Waals surface area contributed by atoms with Crippen LogP contribution in [0.5, 0.6) is 5.75 Å². The van der Waals surface area contributed by atoms with Gasteiger partial charge >= 0.3 is 0 Å². The van der Waals surface area contributed by atoms with Gasteiger partial charge in [-0.05, 0) is 18.6 Å². The van der Waals surface area contributed by atoms with Crippen LogP contribution >= 0.6 is 0 Å². The zero-order valence-electron chi connectivity index (χ0n) is 10.1. The number of benzene rings is 1. The van der Waals surface area contributed by atoms with E-state index in [2.05, 4.69) is 18.2 Å². The molecule has 2 fully saturated rings. The summed E-state index contributed by atoms with van der Waals surface area (Å²) in [6, 6.07) is 6.31. The molecule has 17 heavy (non-hydrogen) atoms. The summed E-state index contributed by atoms with van der Waals surface area (Å²) in [4.78, 5) is 0. The van der Waals surface area contributed by atoms with Gasteiger partial charge in [0.05, 0.1) is 32.0 Å². The zero-order valence-corrected chi connectivity index (χ0v) is 10.1. The Morgan fingerprint density at radius 3 is 2.53 bits per heavy atom. The standard InChI is InChI=1S/C14H18O3/c1-2-15-14-5-3-4-10(6-11-8-16-11)13(14)7-12-9-17-12/h3-5,11-12H,2,6-9H2,1H3. The molecule has 92 valence electrons. The average molecular weight is 234 g/mol. The first-order valence-corrected chi connectivity index (χ1v) is 6.33. The molecule has 1 aromatic rings. The Morgan fingerprint density at radius 2 is 1.88 bits per heavy atom. The summed E-state index contributed by atoms with van der Waals surface area (Å²) in [5.74, 6) is 1.01. The van der Waals surface area contributed by atoms with Crippen LogP contribution in [0.1, 0.15) is 18.1 Å². The first-order chi connectivity index (χ1) is 8.36. The Hall–Kier alpha value is -1.06. The van der Waals surface area contributed by atoms with E-state index in [1.165, 1.54) is 11.1 Å². The van der Waals surface area contributed by atoms with E-state index in [1.807, 2.05) is 6.92 Å². The van der Waals surface area contributed by atoms with E-state index in [1.54, 1.807) is 0 Å². The highest BCUT2D eigenvalue weighted by atomic mass is 16.6. The van der Waals surface area contributed by atoms with Crippen molar-refractivity contribution in [3.63, 3.8) is 0 Å². The molecule has 0 spiro atoms. The number of rotatable bonds is 6. The molecule has 0 saturated carbocycles. The Morgan fingerprint density at radius 1 is 1.18 bits per heavy atom. The first-order valence-electron chi connectivity index (χ1n) is 6.33. The van der Waals surface area contributed by atoms with Gasteiger partial charge in [-0.1, -0.05) is 12.1 Å². The highest BCUT2D eigenvalue weighted by Gasteiger charge is 2.28. The van der Waals surface area contributed by atoms with Crippen molar-refractivity contribution < 1.29 is 14.2 Å². The molecule has 2 heterocycles. The Kier molecular flexibility index (Phi) is 3.04. The second-order valence-electron chi connectivity index (χ2n) is 4.65. The van der Waals surface area contributed by atoms with Crippen molar-refractivity contribution in [1.82, 2.24) is 0 Å². The summed E-state index contributed by atoms with van der Waals surface area (Å²) in [6.45, 7) is 4.52. The lowest BCUT2D eigenvalue weighted by atomic mass is 9.98. The van der Waals surface area contributed by atoms with Gasteiger partial charge in [-0.3, -0.25) is 0 Å². The summed E-state index contributed by atoms with van der Waals surface area (Å²) in [5.41, 5.74) is 2.67. The third kappa shape index (κ3) is 2.79. The summed E-state index contributed by atoms with van der Waals surface area (Å²) in [7, 11) is 0. The van der Waals surface area contributed by atoms with Crippen molar-refractivity contribution in [3.8, 4) is 5.75 Å². The fraction of sp³-hybridized carbons (Fsp3) is 0.571. The molecule has 0 aliphatic carbocycles. The molecule has 1 aromatic carbocycles. The molecule has 2 saturated heterocycles. The van der Waals surface area contributed by atoms with Gasteiger partial charge in [0.1, 0.15) is 5.75 Å². The normalized spacial score (nSPS) is 25.7. The molecule has 2 aliphatic heterocycles. The number of hydrogen-bond acceptors (Lipinski definition) is 3. The monoisotopic (exact) mass is 234 g/mol. The molecule has 0 aromatic heterocycles. The fourth-order valence-electron chi connectivity index (χ4n) is 2.17. The summed E-state index contributed by atoms with van der Waals surface area (Å²) >= 11 is 0. The lowest BCUT2D eigenvalue weighted by Crippen LogP contribution is -2.06. The second kappa shape index (κ2) is 4.67. The smallest absolute Gasteiger partial charge is 0.122 e. The molecule has 0 bridgehead atoms. The van der Waals surface area contributed by atoms with E-state index in [0.717, 1.165) is 31.8 Å². The molecule has 3 rings (SSSR count). The van der Waals surface area contributed by atoms with E-state index in [-0.39, 0.29) is 0 Å². The highest BCUT2D eigenvalue weighted by Crippen LogP contribution is 2.30. The minimum atomic E-state index is 0.399. The second-order valence-corrected chi connectivity index (χ2v) is 4.65. The van der Waals surface area contributed by atoms with Gasteiger partial charge in [-0.25, -0.2) is 0 Å². The minimum Gasteiger partial charge on any atom is -0.494 e. The van der Waals surface area contributed by atoms with Crippen molar-refractivity contribution in [3.05, 3.63) is 29.3 Å². The maximum absolute atomic E-state index is 5.71. The maximum Gasteiger partial charge on any atom is 0.122 e. The van der Waals surface area contributed by atoms with Crippen LogP contribution in [-0.2, 0) is 22.3 Å². The summed E-state index contributed by atoms with van der Waals surface area (Å²) in [6.07, 6.45) is 2.79. The number of epoxide rings is 2. The van der Waals surface area contributed by atoms with E-state index < -0.39 is 0 Å². The molecule has 2 atom stereocenters. The lowest BCUT2D eigenvalue weighted by Gasteiger charge is -2.13. The van der Waals surface area contributed by atoms with Crippen LogP contribution in [0.3, 0.4) is 0 Å². The lowest BCUT2D eigenvalue weighted by molar-refractivity contribution is 0.332. The largest absolute Gasteiger partial charge is 0.494 e. The van der Waals surface area contributed by atoms with Crippen molar-refractivity contribution >= 4 is 0 Å². The number of hydrogen-bond donors (Lipinski definition) is 0. The molecule has 2 aliphatic rings. The summed E-state index contributed by atoms with van der Waals surface area (Å²) in [5, 5.41) is 0. The Bertz CT molecular complexity index is 394. The molecule has 0 N–H and O–H groups in total.